The molecule has 1 aromatic heterocycles. The second-order valence-electron chi connectivity index (χ2n) is 6.20. The fraction of sp³-hybridized carbons (Fsp3) is 0.421. The van der Waals surface area contributed by atoms with Gasteiger partial charge in [0.25, 0.3) is 5.91 Å². The molecule has 1 aromatic carbocycles. The average Bonchev–Trinajstić information content (AvgIpc) is 3.11. The Hall–Kier alpha value is -1.65. The van der Waals surface area contributed by atoms with Crippen LogP contribution in [0, 0.1) is 6.92 Å². The van der Waals surface area contributed by atoms with Crippen LogP contribution in [0.4, 0.5) is 0 Å². The Morgan fingerprint density at radius 3 is 2.57 bits per heavy atom. The minimum absolute atomic E-state index is 0.0172. The van der Waals surface area contributed by atoms with Crippen LogP contribution in [0.5, 0.6) is 0 Å². The fourth-order valence-corrected chi connectivity index (χ4v) is 3.98. The van der Waals surface area contributed by atoms with Gasteiger partial charge in [-0.05, 0) is 56.4 Å². The van der Waals surface area contributed by atoms with E-state index in [0.29, 0.717) is 12.6 Å². The number of benzene rings is 1. The molecule has 1 aliphatic rings. The van der Waals surface area contributed by atoms with E-state index < -0.39 is 0 Å². The van der Waals surface area contributed by atoms with Crippen molar-refractivity contribution in [2.24, 2.45) is 0 Å². The van der Waals surface area contributed by atoms with E-state index in [1.807, 2.05) is 31.2 Å². The maximum atomic E-state index is 12.4. The van der Waals surface area contributed by atoms with Gasteiger partial charge in [0.05, 0.1) is 6.04 Å². The van der Waals surface area contributed by atoms with Crippen molar-refractivity contribution >= 4 is 17.2 Å². The second-order valence-corrected chi connectivity index (χ2v) is 7.18. The Labute approximate surface area is 142 Å². The van der Waals surface area contributed by atoms with Crippen LogP contribution in [-0.2, 0) is 0 Å². The van der Waals surface area contributed by atoms with Gasteiger partial charge in [-0.15, -0.1) is 11.3 Å². The molecule has 1 N–H and O–H groups in total. The third kappa shape index (κ3) is 4.21. The van der Waals surface area contributed by atoms with Gasteiger partial charge in [0.1, 0.15) is 0 Å². The lowest BCUT2D eigenvalue weighted by molar-refractivity contribution is 0.0925. The first-order valence-corrected chi connectivity index (χ1v) is 9.24. The van der Waals surface area contributed by atoms with E-state index in [1.54, 1.807) is 11.3 Å². The predicted molar refractivity (Wildman–Crippen MR) is 96.0 cm³/mol. The molecule has 0 bridgehead atoms. The van der Waals surface area contributed by atoms with Crippen molar-refractivity contribution in [3.05, 3.63) is 57.8 Å². The monoisotopic (exact) mass is 328 g/mol. The van der Waals surface area contributed by atoms with Crippen molar-refractivity contribution in [3.63, 3.8) is 0 Å². The summed E-state index contributed by atoms with van der Waals surface area (Å²) in [5.41, 5.74) is 1.91. The Morgan fingerprint density at radius 2 is 1.91 bits per heavy atom. The summed E-state index contributed by atoms with van der Waals surface area (Å²) < 4.78 is 0. The Balaban J connectivity index is 1.66. The van der Waals surface area contributed by atoms with Gasteiger partial charge in [0.15, 0.2) is 0 Å². The van der Waals surface area contributed by atoms with E-state index in [9.17, 15) is 4.79 Å². The molecule has 3 nitrogen and oxygen atoms in total. The number of amides is 1. The summed E-state index contributed by atoms with van der Waals surface area (Å²) >= 11 is 1.78. The van der Waals surface area contributed by atoms with Crippen LogP contribution in [0.3, 0.4) is 0 Å². The zero-order valence-corrected chi connectivity index (χ0v) is 14.4. The number of carbonyl (C=O) groups is 1. The highest BCUT2D eigenvalue weighted by Gasteiger charge is 2.23. The molecule has 1 amide bonds. The number of likely N-dealkylation sites (tertiary alicyclic amines) is 1. The largest absolute Gasteiger partial charge is 0.350 e. The topological polar surface area (TPSA) is 32.3 Å². The molecule has 4 heteroatoms. The van der Waals surface area contributed by atoms with Gasteiger partial charge >= 0.3 is 0 Å². The van der Waals surface area contributed by atoms with E-state index in [2.05, 4.69) is 27.7 Å². The minimum atomic E-state index is 0.0172. The summed E-state index contributed by atoms with van der Waals surface area (Å²) in [6.07, 6.45) is 3.84. The highest BCUT2D eigenvalue weighted by molar-refractivity contribution is 7.10. The summed E-state index contributed by atoms with van der Waals surface area (Å²) in [5.74, 6) is 0.0172. The molecule has 1 aliphatic heterocycles. The standard InChI is InChI=1S/C19H24N2OS/c1-15-7-9-16(10-8-15)19(22)20-14-17(18-6-5-13-23-18)21-11-3-2-4-12-21/h5-10,13,17H,2-4,11-12,14H2,1H3,(H,20,22)/t17-/m1/s1. The number of piperidine rings is 1. The Bertz CT molecular complexity index is 615. The van der Waals surface area contributed by atoms with Gasteiger partial charge in [-0.3, -0.25) is 9.69 Å². The van der Waals surface area contributed by atoms with Crippen molar-refractivity contribution in [2.45, 2.75) is 32.2 Å². The van der Waals surface area contributed by atoms with Crippen molar-refractivity contribution in [2.75, 3.05) is 19.6 Å². The Morgan fingerprint density at radius 1 is 1.17 bits per heavy atom. The van der Waals surface area contributed by atoms with Crippen LogP contribution < -0.4 is 5.32 Å². The fourth-order valence-electron chi connectivity index (χ4n) is 3.12. The molecule has 0 radical (unpaired) electrons. The van der Waals surface area contributed by atoms with Crippen LogP contribution >= 0.6 is 11.3 Å². The quantitative estimate of drug-likeness (QED) is 0.899. The zero-order chi connectivity index (χ0) is 16.1. The Kier molecular flexibility index (Phi) is 5.47. The molecule has 0 saturated carbocycles. The highest BCUT2D eigenvalue weighted by Crippen LogP contribution is 2.27. The lowest BCUT2D eigenvalue weighted by atomic mass is 10.1. The van der Waals surface area contributed by atoms with Crippen LogP contribution in [-0.4, -0.2) is 30.4 Å². The molecule has 3 rings (SSSR count). The summed E-state index contributed by atoms with van der Waals surface area (Å²) in [5, 5.41) is 5.25. The summed E-state index contributed by atoms with van der Waals surface area (Å²) in [4.78, 5) is 16.2. The van der Waals surface area contributed by atoms with Crippen LogP contribution in [0.1, 0.15) is 46.1 Å². The van der Waals surface area contributed by atoms with Crippen molar-refractivity contribution in [3.8, 4) is 0 Å². The second kappa shape index (κ2) is 7.75. The van der Waals surface area contributed by atoms with E-state index in [0.717, 1.165) is 18.7 Å². The molecular weight excluding hydrogens is 304 g/mol. The van der Waals surface area contributed by atoms with E-state index >= 15 is 0 Å². The van der Waals surface area contributed by atoms with Gasteiger partial charge in [0, 0.05) is 17.0 Å². The van der Waals surface area contributed by atoms with Crippen molar-refractivity contribution in [1.29, 1.82) is 0 Å². The molecular formula is C19H24N2OS. The molecule has 1 atom stereocenters. The number of aryl methyl sites for hydroxylation is 1. The molecule has 0 spiro atoms. The van der Waals surface area contributed by atoms with E-state index in [1.165, 1.54) is 29.7 Å². The molecule has 1 fully saturated rings. The molecule has 0 unspecified atom stereocenters. The molecule has 122 valence electrons. The summed E-state index contributed by atoms with van der Waals surface area (Å²) in [6, 6.07) is 12.3. The first kappa shape index (κ1) is 16.2. The average molecular weight is 328 g/mol. The van der Waals surface area contributed by atoms with Gasteiger partial charge in [-0.1, -0.05) is 30.2 Å². The molecule has 2 aromatic rings. The zero-order valence-electron chi connectivity index (χ0n) is 13.6. The molecule has 0 aliphatic carbocycles. The van der Waals surface area contributed by atoms with Crippen molar-refractivity contribution in [1.82, 2.24) is 10.2 Å². The number of nitrogens with one attached hydrogen (secondary N) is 1. The van der Waals surface area contributed by atoms with E-state index in [4.69, 9.17) is 0 Å². The molecule has 23 heavy (non-hydrogen) atoms. The van der Waals surface area contributed by atoms with Crippen molar-refractivity contribution < 1.29 is 4.79 Å². The normalized spacial score (nSPS) is 16.9. The van der Waals surface area contributed by atoms with Gasteiger partial charge < -0.3 is 5.32 Å². The predicted octanol–water partition coefficient (Wildman–Crippen LogP) is 4.01. The molecule has 1 saturated heterocycles. The third-order valence-corrected chi connectivity index (χ3v) is 5.45. The van der Waals surface area contributed by atoms with Gasteiger partial charge in [-0.2, -0.15) is 0 Å². The minimum Gasteiger partial charge on any atom is -0.350 e. The van der Waals surface area contributed by atoms with Gasteiger partial charge in [0.2, 0.25) is 0 Å². The highest BCUT2D eigenvalue weighted by atomic mass is 32.1. The number of hydrogen-bond donors (Lipinski definition) is 1. The first-order valence-electron chi connectivity index (χ1n) is 8.36. The maximum absolute atomic E-state index is 12.4. The number of thiophene rings is 1. The summed E-state index contributed by atoms with van der Waals surface area (Å²) in [6.45, 7) is 4.96. The first-order chi connectivity index (χ1) is 11.2. The summed E-state index contributed by atoms with van der Waals surface area (Å²) in [7, 11) is 0. The van der Waals surface area contributed by atoms with E-state index in [-0.39, 0.29) is 5.91 Å². The van der Waals surface area contributed by atoms with Crippen LogP contribution in [0.25, 0.3) is 0 Å². The lowest BCUT2D eigenvalue weighted by Gasteiger charge is -2.34. The lowest BCUT2D eigenvalue weighted by Crippen LogP contribution is -2.40. The van der Waals surface area contributed by atoms with Crippen LogP contribution in [0.15, 0.2) is 41.8 Å². The molecule has 2 heterocycles. The smallest absolute Gasteiger partial charge is 0.251 e. The van der Waals surface area contributed by atoms with Gasteiger partial charge in [-0.25, -0.2) is 0 Å². The number of hydrogen-bond acceptors (Lipinski definition) is 3. The number of rotatable bonds is 5. The number of carbonyl (C=O) groups excluding carboxylic acids is 1. The maximum Gasteiger partial charge on any atom is 0.251 e. The third-order valence-electron chi connectivity index (χ3n) is 4.47. The number of nitrogens with zero attached hydrogens (tertiary/aromatic N) is 1. The van der Waals surface area contributed by atoms with Crippen LogP contribution in [0.2, 0.25) is 0 Å². The SMILES string of the molecule is Cc1ccc(C(=O)NC[C@H](c2cccs2)N2CCCCC2)cc1.